The van der Waals surface area contributed by atoms with Crippen LogP contribution in [0.4, 0.5) is 0 Å². The van der Waals surface area contributed by atoms with Crippen LogP contribution < -0.4 is 5.32 Å². The molecule has 0 radical (unpaired) electrons. The van der Waals surface area contributed by atoms with Gasteiger partial charge in [0.05, 0.1) is 6.42 Å². The number of nitrogens with one attached hydrogen (secondary N) is 1. The van der Waals surface area contributed by atoms with Gasteiger partial charge in [-0.2, -0.15) is 0 Å². The van der Waals surface area contributed by atoms with Crippen molar-refractivity contribution in [2.75, 3.05) is 20.1 Å². The van der Waals surface area contributed by atoms with E-state index < -0.39 is 0 Å². The van der Waals surface area contributed by atoms with E-state index in [1.807, 2.05) is 11.9 Å². The van der Waals surface area contributed by atoms with Crippen molar-refractivity contribution in [1.29, 1.82) is 0 Å². The maximum absolute atomic E-state index is 12.4. The Morgan fingerprint density at radius 2 is 1.90 bits per heavy atom. The molecule has 110 valence electrons. The van der Waals surface area contributed by atoms with E-state index in [4.69, 9.17) is 0 Å². The summed E-state index contributed by atoms with van der Waals surface area (Å²) in [4.78, 5) is 14.4. The third-order valence-corrected chi connectivity index (χ3v) is 4.75. The highest BCUT2D eigenvalue weighted by molar-refractivity contribution is 5.79. The normalized spacial score (nSPS) is 18.1. The fraction of sp³-hybridized carbons (Fsp3) is 0.588. The van der Waals surface area contributed by atoms with Gasteiger partial charge in [-0.1, -0.05) is 18.2 Å². The van der Waals surface area contributed by atoms with Crippen molar-refractivity contribution in [1.82, 2.24) is 10.2 Å². The van der Waals surface area contributed by atoms with Gasteiger partial charge in [0, 0.05) is 18.6 Å². The van der Waals surface area contributed by atoms with Gasteiger partial charge in [-0.05, 0) is 57.4 Å². The third-order valence-electron chi connectivity index (χ3n) is 4.75. The van der Waals surface area contributed by atoms with Gasteiger partial charge in [0.1, 0.15) is 0 Å². The lowest BCUT2D eigenvalue weighted by molar-refractivity contribution is -0.132. The second-order valence-electron chi connectivity index (χ2n) is 6.29. The highest BCUT2D eigenvalue weighted by Gasteiger charge is 2.30. The zero-order chi connectivity index (χ0) is 14.8. The molecule has 1 aliphatic rings. The first-order valence-electron chi connectivity index (χ1n) is 7.46. The minimum absolute atomic E-state index is 0.192. The van der Waals surface area contributed by atoms with Crippen molar-refractivity contribution in [3.63, 3.8) is 0 Å². The van der Waals surface area contributed by atoms with Crippen LogP contribution in [0.5, 0.6) is 0 Å². The minimum atomic E-state index is 0.192. The number of rotatable bonds is 3. The van der Waals surface area contributed by atoms with E-state index in [0.29, 0.717) is 6.42 Å². The number of amides is 1. The molecule has 0 bridgehead atoms. The number of carbonyl (C=O) groups is 1. The molecule has 0 aliphatic carbocycles. The van der Waals surface area contributed by atoms with Crippen LogP contribution in [0.1, 0.15) is 36.5 Å². The molecule has 0 unspecified atom stereocenters. The molecule has 0 aromatic heterocycles. The maximum atomic E-state index is 12.4. The summed E-state index contributed by atoms with van der Waals surface area (Å²) >= 11 is 0. The lowest BCUT2D eigenvalue weighted by Crippen LogP contribution is -2.51. The number of hydrogen-bond donors (Lipinski definition) is 1. The molecule has 1 heterocycles. The Morgan fingerprint density at radius 1 is 1.25 bits per heavy atom. The van der Waals surface area contributed by atoms with Crippen molar-refractivity contribution < 1.29 is 4.79 Å². The molecule has 20 heavy (non-hydrogen) atoms. The second-order valence-corrected chi connectivity index (χ2v) is 6.29. The number of carbonyl (C=O) groups excluding carboxylic acids is 1. The van der Waals surface area contributed by atoms with E-state index in [2.05, 4.69) is 44.3 Å². The summed E-state index contributed by atoms with van der Waals surface area (Å²) in [5.41, 5.74) is 3.86. The Kier molecular flexibility index (Phi) is 4.48. The minimum Gasteiger partial charge on any atom is -0.342 e. The average Bonchev–Trinajstić information content (AvgIpc) is 2.43. The van der Waals surface area contributed by atoms with Gasteiger partial charge in [0.15, 0.2) is 0 Å². The first-order valence-corrected chi connectivity index (χ1v) is 7.46. The van der Waals surface area contributed by atoms with Gasteiger partial charge >= 0.3 is 0 Å². The van der Waals surface area contributed by atoms with Crippen LogP contribution in [0.3, 0.4) is 0 Å². The first-order chi connectivity index (χ1) is 9.43. The summed E-state index contributed by atoms with van der Waals surface area (Å²) in [6, 6.07) is 6.31. The first kappa shape index (κ1) is 15.0. The Hall–Kier alpha value is -1.35. The quantitative estimate of drug-likeness (QED) is 0.918. The van der Waals surface area contributed by atoms with Crippen molar-refractivity contribution in [3.8, 4) is 0 Å². The number of benzene rings is 1. The summed E-state index contributed by atoms with van der Waals surface area (Å²) in [6.45, 7) is 8.16. The molecule has 0 spiro atoms. The third kappa shape index (κ3) is 3.40. The predicted molar refractivity (Wildman–Crippen MR) is 82.9 cm³/mol. The number of nitrogens with zero attached hydrogens (tertiary/aromatic N) is 1. The van der Waals surface area contributed by atoms with Crippen LogP contribution in [-0.4, -0.2) is 36.5 Å². The maximum Gasteiger partial charge on any atom is 0.226 e. The van der Waals surface area contributed by atoms with E-state index >= 15 is 0 Å². The predicted octanol–water partition coefficient (Wildman–Crippen LogP) is 2.45. The Labute approximate surface area is 122 Å². The van der Waals surface area contributed by atoms with E-state index in [0.717, 1.165) is 31.5 Å². The monoisotopic (exact) mass is 274 g/mol. The van der Waals surface area contributed by atoms with E-state index in [1.165, 1.54) is 11.1 Å². The number of aryl methyl sites for hydroxylation is 2. The molecule has 0 saturated carbocycles. The summed E-state index contributed by atoms with van der Waals surface area (Å²) in [5.74, 6) is 0.256. The smallest absolute Gasteiger partial charge is 0.226 e. The van der Waals surface area contributed by atoms with Crippen molar-refractivity contribution in [2.45, 2.75) is 45.6 Å². The fourth-order valence-electron chi connectivity index (χ4n) is 2.70. The van der Waals surface area contributed by atoms with E-state index in [9.17, 15) is 4.79 Å². The van der Waals surface area contributed by atoms with Gasteiger partial charge in [-0.3, -0.25) is 4.79 Å². The molecule has 1 saturated heterocycles. The summed E-state index contributed by atoms with van der Waals surface area (Å²) in [5, 5.41) is 3.37. The number of hydrogen-bond acceptors (Lipinski definition) is 2. The largest absolute Gasteiger partial charge is 0.342 e. The van der Waals surface area contributed by atoms with Crippen molar-refractivity contribution in [2.24, 2.45) is 0 Å². The highest BCUT2D eigenvalue weighted by atomic mass is 16.2. The van der Waals surface area contributed by atoms with Crippen molar-refractivity contribution >= 4 is 5.91 Å². The molecule has 1 aromatic carbocycles. The van der Waals surface area contributed by atoms with Crippen molar-refractivity contribution in [3.05, 3.63) is 34.9 Å². The molecule has 3 nitrogen and oxygen atoms in total. The number of piperidine rings is 1. The summed E-state index contributed by atoms with van der Waals surface area (Å²) in [6.07, 6.45) is 2.59. The van der Waals surface area contributed by atoms with Crippen LogP contribution in [-0.2, 0) is 11.2 Å². The second kappa shape index (κ2) is 5.96. The zero-order valence-electron chi connectivity index (χ0n) is 13.1. The lowest BCUT2D eigenvalue weighted by atomic mass is 9.89. The molecule has 1 aromatic rings. The Balaban J connectivity index is 1.94. The topological polar surface area (TPSA) is 32.3 Å². The molecule has 1 aliphatic heterocycles. The fourth-order valence-corrected chi connectivity index (χ4v) is 2.70. The zero-order valence-corrected chi connectivity index (χ0v) is 13.1. The van der Waals surface area contributed by atoms with Gasteiger partial charge in [-0.15, -0.1) is 0 Å². The van der Waals surface area contributed by atoms with Gasteiger partial charge in [0.25, 0.3) is 0 Å². The Morgan fingerprint density at radius 3 is 2.45 bits per heavy atom. The summed E-state index contributed by atoms with van der Waals surface area (Å²) < 4.78 is 0. The van der Waals surface area contributed by atoms with Gasteiger partial charge in [0.2, 0.25) is 5.91 Å². The standard InChI is InChI=1S/C17H26N2O/c1-13-5-6-15(11-14(13)2)12-16(20)19-9-7-17(3,18-4)8-10-19/h5-6,11,18H,7-10,12H2,1-4H3. The molecule has 1 fully saturated rings. The van der Waals surface area contributed by atoms with Crippen LogP contribution in [0, 0.1) is 13.8 Å². The number of likely N-dealkylation sites (tertiary alicyclic amines) is 1. The molecular formula is C17H26N2O. The van der Waals surface area contributed by atoms with Crippen LogP contribution in [0.25, 0.3) is 0 Å². The SMILES string of the molecule is CNC1(C)CCN(C(=O)Cc2ccc(C)c(C)c2)CC1. The molecule has 2 rings (SSSR count). The summed E-state index contributed by atoms with van der Waals surface area (Å²) in [7, 11) is 2.01. The molecule has 0 atom stereocenters. The van der Waals surface area contributed by atoms with Crippen LogP contribution >= 0.6 is 0 Å². The highest BCUT2D eigenvalue weighted by Crippen LogP contribution is 2.22. The molecule has 1 N–H and O–H groups in total. The van der Waals surface area contributed by atoms with Gasteiger partial charge < -0.3 is 10.2 Å². The Bertz CT molecular complexity index is 488. The molecule has 3 heteroatoms. The van der Waals surface area contributed by atoms with Crippen LogP contribution in [0.2, 0.25) is 0 Å². The lowest BCUT2D eigenvalue weighted by Gasteiger charge is -2.39. The molecular weight excluding hydrogens is 248 g/mol. The van der Waals surface area contributed by atoms with E-state index in [-0.39, 0.29) is 11.4 Å². The molecule has 1 amide bonds. The average molecular weight is 274 g/mol. The van der Waals surface area contributed by atoms with E-state index in [1.54, 1.807) is 0 Å². The van der Waals surface area contributed by atoms with Gasteiger partial charge in [-0.25, -0.2) is 0 Å². The van der Waals surface area contributed by atoms with Crippen LogP contribution in [0.15, 0.2) is 18.2 Å².